The molecule has 0 radical (unpaired) electrons. The third-order valence-corrected chi connectivity index (χ3v) is 2.95. The third kappa shape index (κ3) is 2.96. The van der Waals surface area contributed by atoms with Crippen molar-refractivity contribution in [2.45, 2.75) is 32.3 Å². The van der Waals surface area contributed by atoms with Gasteiger partial charge in [-0.15, -0.1) is 0 Å². The molecule has 0 aliphatic heterocycles. The summed E-state index contributed by atoms with van der Waals surface area (Å²) in [5.41, 5.74) is 0. The lowest BCUT2D eigenvalue weighted by Crippen LogP contribution is -2.13. The Hall–Kier alpha value is 0.190. The van der Waals surface area contributed by atoms with Crippen molar-refractivity contribution in [3.63, 3.8) is 0 Å². The van der Waals surface area contributed by atoms with Gasteiger partial charge in [-0.25, -0.2) is 0 Å². The van der Waals surface area contributed by atoms with Crippen LogP contribution >= 0.6 is 7.37 Å². The fraction of sp³-hybridized carbons (Fsp3) is 1.00. The number of hydrogen-bond donors (Lipinski definition) is 0. The number of hydrogen-bond acceptors (Lipinski definition) is 2. The van der Waals surface area contributed by atoms with Gasteiger partial charge in [0.15, 0.2) is 7.37 Å². The Kier molecular flexibility index (Phi) is 2.77. The van der Waals surface area contributed by atoms with Crippen LogP contribution in [0.4, 0.5) is 0 Å². The normalized spacial score (nSPS) is 32.6. The molecule has 0 aromatic heterocycles. The van der Waals surface area contributed by atoms with Gasteiger partial charge in [0.2, 0.25) is 0 Å². The Labute approximate surface area is 68.8 Å². The van der Waals surface area contributed by atoms with Crippen LogP contribution in [0, 0.1) is 5.92 Å². The maximum atomic E-state index is 11.3. The van der Waals surface area contributed by atoms with Gasteiger partial charge in [0.25, 0.3) is 0 Å². The molecule has 0 aromatic carbocycles. The summed E-state index contributed by atoms with van der Waals surface area (Å²) in [7, 11) is -2.25. The summed E-state index contributed by atoms with van der Waals surface area (Å²) in [4.78, 5) is 0. The van der Waals surface area contributed by atoms with E-state index in [1.54, 1.807) is 13.3 Å². The fourth-order valence-corrected chi connectivity index (χ4v) is 2.56. The molecule has 0 N–H and O–H groups in total. The lowest BCUT2D eigenvalue weighted by Gasteiger charge is -2.18. The zero-order chi connectivity index (χ0) is 8.48. The van der Waals surface area contributed by atoms with E-state index in [0.29, 0.717) is 5.92 Å². The molecular weight excluding hydrogens is 159 g/mol. The van der Waals surface area contributed by atoms with E-state index in [9.17, 15) is 4.57 Å². The zero-order valence-electron chi connectivity index (χ0n) is 7.54. The molecular formula is C8H17O2P. The second-order valence-corrected chi connectivity index (χ2v) is 6.52. The van der Waals surface area contributed by atoms with Gasteiger partial charge in [0.05, 0.1) is 6.10 Å². The monoisotopic (exact) mass is 176 g/mol. The molecule has 2 nitrogen and oxygen atoms in total. The van der Waals surface area contributed by atoms with Crippen LogP contribution in [-0.2, 0) is 9.09 Å². The largest absolute Gasteiger partial charge is 0.325 e. The minimum absolute atomic E-state index is 0.260. The molecule has 2 atom stereocenters. The molecule has 11 heavy (non-hydrogen) atoms. The number of rotatable bonds is 2. The molecule has 0 heterocycles. The van der Waals surface area contributed by atoms with Gasteiger partial charge < -0.3 is 4.52 Å². The van der Waals surface area contributed by atoms with Crippen molar-refractivity contribution in [1.82, 2.24) is 0 Å². The van der Waals surface area contributed by atoms with E-state index < -0.39 is 7.37 Å². The summed E-state index contributed by atoms with van der Waals surface area (Å²) in [6, 6.07) is 0. The molecule has 0 aromatic rings. The average Bonchev–Trinajstić information content (AvgIpc) is 2.12. The van der Waals surface area contributed by atoms with E-state index in [0.717, 1.165) is 6.42 Å². The molecule has 1 fully saturated rings. The topological polar surface area (TPSA) is 26.3 Å². The van der Waals surface area contributed by atoms with Crippen LogP contribution in [0.1, 0.15) is 26.2 Å². The van der Waals surface area contributed by atoms with Crippen LogP contribution < -0.4 is 0 Å². The summed E-state index contributed by atoms with van der Waals surface area (Å²) in [5, 5.41) is 0. The Morgan fingerprint density at radius 1 is 1.36 bits per heavy atom. The van der Waals surface area contributed by atoms with Crippen molar-refractivity contribution in [3.8, 4) is 0 Å². The molecule has 2 unspecified atom stereocenters. The van der Waals surface area contributed by atoms with Gasteiger partial charge in [-0.05, 0) is 18.8 Å². The highest BCUT2D eigenvalue weighted by Gasteiger charge is 2.27. The molecule has 1 aliphatic carbocycles. The predicted molar refractivity (Wildman–Crippen MR) is 47.3 cm³/mol. The van der Waals surface area contributed by atoms with Crippen molar-refractivity contribution in [1.29, 1.82) is 0 Å². The summed E-state index contributed by atoms with van der Waals surface area (Å²) in [5.74, 6) is 0.600. The Bertz CT molecular complexity index is 173. The van der Waals surface area contributed by atoms with Gasteiger partial charge >= 0.3 is 0 Å². The molecule has 0 spiro atoms. The lowest BCUT2D eigenvalue weighted by molar-refractivity contribution is 0.174. The maximum Gasteiger partial charge on any atom is 0.197 e. The van der Waals surface area contributed by atoms with Gasteiger partial charge in [-0.3, -0.25) is 4.57 Å². The van der Waals surface area contributed by atoms with Crippen molar-refractivity contribution < 1.29 is 9.09 Å². The SMILES string of the molecule is CC1CCCC1OP(C)(C)=O. The molecule has 66 valence electrons. The highest BCUT2D eigenvalue weighted by atomic mass is 31.2. The van der Waals surface area contributed by atoms with Crippen molar-refractivity contribution in [2.24, 2.45) is 5.92 Å². The van der Waals surface area contributed by atoms with Crippen LogP contribution in [0.2, 0.25) is 0 Å². The minimum Gasteiger partial charge on any atom is -0.325 e. The molecule has 0 amide bonds. The average molecular weight is 176 g/mol. The quantitative estimate of drug-likeness (QED) is 0.604. The third-order valence-electron chi connectivity index (χ3n) is 2.17. The summed E-state index contributed by atoms with van der Waals surface area (Å²) >= 11 is 0. The summed E-state index contributed by atoms with van der Waals surface area (Å²) < 4.78 is 16.8. The van der Waals surface area contributed by atoms with Gasteiger partial charge in [-0.2, -0.15) is 0 Å². The Morgan fingerprint density at radius 2 is 2.00 bits per heavy atom. The van der Waals surface area contributed by atoms with E-state index in [1.807, 2.05) is 0 Å². The molecule has 0 bridgehead atoms. The van der Waals surface area contributed by atoms with Crippen LogP contribution in [0.15, 0.2) is 0 Å². The molecule has 3 heteroatoms. The lowest BCUT2D eigenvalue weighted by atomic mass is 10.1. The second-order valence-electron chi connectivity index (χ2n) is 3.80. The summed E-state index contributed by atoms with van der Waals surface area (Å²) in [6.07, 6.45) is 3.81. The first kappa shape index (κ1) is 9.28. The van der Waals surface area contributed by atoms with Crippen molar-refractivity contribution in [2.75, 3.05) is 13.3 Å². The van der Waals surface area contributed by atoms with Crippen molar-refractivity contribution in [3.05, 3.63) is 0 Å². The van der Waals surface area contributed by atoms with Gasteiger partial charge in [-0.1, -0.05) is 13.3 Å². The second kappa shape index (κ2) is 3.28. The standard InChI is InChI=1S/C8H17O2P/c1-7-5-4-6-8(7)10-11(2,3)9/h7-8H,4-6H2,1-3H3. The molecule has 0 saturated heterocycles. The predicted octanol–water partition coefficient (Wildman–Crippen LogP) is 2.73. The summed E-state index contributed by atoms with van der Waals surface area (Å²) in [6.45, 7) is 5.56. The highest BCUT2D eigenvalue weighted by Crippen LogP contribution is 2.44. The fourth-order valence-electron chi connectivity index (χ4n) is 1.59. The van der Waals surface area contributed by atoms with Gasteiger partial charge in [0, 0.05) is 13.3 Å². The zero-order valence-corrected chi connectivity index (χ0v) is 8.43. The molecule has 1 rings (SSSR count). The van der Waals surface area contributed by atoms with Crippen molar-refractivity contribution >= 4 is 7.37 Å². The van der Waals surface area contributed by atoms with Crippen LogP contribution in [0.3, 0.4) is 0 Å². The smallest absolute Gasteiger partial charge is 0.197 e. The Morgan fingerprint density at radius 3 is 2.36 bits per heavy atom. The first-order valence-corrected chi connectivity index (χ1v) is 6.74. The molecule has 1 aliphatic rings. The minimum atomic E-state index is -2.25. The van der Waals surface area contributed by atoms with Crippen LogP contribution in [-0.4, -0.2) is 19.4 Å². The maximum absolute atomic E-state index is 11.3. The Balaban J connectivity index is 2.43. The van der Waals surface area contributed by atoms with E-state index >= 15 is 0 Å². The first-order valence-electron chi connectivity index (χ1n) is 4.22. The highest BCUT2D eigenvalue weighted by molar-refractivity contribution is 7.57. The van der Waals surface area contributed by atoms with E-state index in [2.05, 4.69) is 6.92 Å². The van der Waals surface area contributed by atoms with Gasteiger partial charge in [0.1, 0.15) is 0 Å². The van der Waals surface area contributed by atoms with E-state index in [4.69, 9.17) is 4.52 Å². The van der Waals surface area contributed by atoms with Crippen LogP contribution in [0.5, 0.6) is 0 Å². The van der Waals surface area contributed by atoms with E-state index in [1.165, 1.54) is 12.8 Å². The van der Waals surface area contributed by atoms with Crippen LogP contribution in [0.25, 0.3) is 0 Å². The first-order chi connectivity index (χ1) is 4.99. The molecule has 1 saturated carbocycles. The van der Waals surface area contributed by atoms with E-state index in [-0.39, 0.29) is 6.10 Å².